The van der Waals surface area contributed by atoms with Crippen molar-refractivity contribution in [3.8, 4) is 11.5 Å². The third kappa shape index (κ3) is 2.27. The minimum Gasteiger partial charge on any atom is -0.394 e. The number of nitrogens with zero attached hydrogens (tertiary/aromatic N) is 3. The number of nitrogens with one attached hydrogen (secondary N) is 1. The summed E-state index contributed by atoms with van der Waals surface area (Å²) in [5, 5.41) is 28.9. The Kier molecular flexibility index (Phi) is 3.66. The van der Waals surface area contributed by atoms with E-state index in [1.165, 1.54) is 23.2 Å². The van der Waals surface area contributed by atoms with Gasteiger partial charge in [-0.3, -0.25) is 9.36 Å². The molecular formula is C12H15N5O5. The summed E-state index contributed by atoms with van der Waals surface area (Å²) in [5.41, 5.74) is 5.83. The van der Waals surface area contributed by atoms with E-state index >= 15 is 0 Å². The van der Waals surface area contributed by atoms with Crippen LogP contribution in [0.25, 0.3) is 11.5 Å². The van der Waals surface area contributed by atoms with Crippen molar-refractivity contribution in [1.29, 1.82) is 0 Å². The number of aliphatic hydroxyl groups excluding tert-OH is 3. The quantitative estimate of drug-likeness (QED) is 0.428. The predicted octanol–water partition coefficient (Wildman–Crippen LogP) is -2.17. The lowest BCUT2D eigenvalue weighted by molar-refractivity contribution is -0.0517. The number of imidazole rings is 1. The van der Waals surface area contributed by atoms with Crippen LogP contribution in [0.15, 0.2) is 23.4 Å². The summed E-state index contributed by atoms with van der Waals surface area (Å²) in [6.45, 7) is -0.441. The molecule has 1 saturated heterocycles. The van der Waals surface area contributed by atoms with E-state index in [-0.39, 0.29) is 22.9 Å². The van der Waals surface area contributed by atoms with Crippen LogP contribution in [0.2, 0.25) is 0 Å². The number of hydrogen-bond donors (Lipinski definition) is 5. The summed E-state index contributed by atoms with van der Waals surface area (Å²) in [5.74, 6) is 0.277. The van der Waals surface area contributed by atoms with Gasteiger partial charge in [-0.1, -0.05) is 0 Å². The lowest BCUT2D eigenvalue weighted by Gasteiger charge is -2.17. The molecule has 0 unspecified atom stereocenters. The largest absolute Gasteiger partial charge is 0.394 e. The molecule has 0 aliphatic carbocycles. The highest BCUT2D eigenvalue weighted by molar-refractivity contribution is 5.64. The summed E-state index contributed by atoms with van der Waals surface area (Å²) in [4.78, 5) is 21.8. The van der Waals surface area contributed by atoms with Gasteiger partial charge in [0.05, 0.1) is 12.9 Å². The molecule has 0 spiro atoms. The molecule has 118 valence electrons. The van der Waals surface area contributed by atoms with Crippen LogP contribution in [0.1, 0.15) is 6.23 Å². The summed E-state index contributed by atoms with van der Waals surface area (Å²) in [6, 6.07) is 1.25. The van der Waals surface area contributed by atoms with Crippen LogP contribution in [0.5, 0.6) is 0 Å². The molecule has 1 fully saturated rings. The first kappa shape index (κ1) is 14.7. The van der Waals surface area contributed by atoms with E-state index in [4.69, 9.17) is 15.6 Å². The Morgan fingerprint density at radius 2 is 2.14 bits per heavy atom. The van der Waals surface area contributed by atoms with Crippen LogP contribution in [0, 0.1) is 0 Å². The summed E-state index contributed by atoms with van der Waals surface area (Å²) < 4.78 is 6.69. The number of aliphatic hydroxyl groups is 3. The van der Waals surface area contributed by atoms with E-state index in [2.05, 4.69) is 15.0 Å². The molecule has 6 N–H and O–H groups in total. The van der Waals surface area contributed by atoms with E-state index in [9.17, 15) is 15.0 Å². The molecule has 0 radical (unpaired) electrons. The van der Waals surface area contributed by atoms with Crippen molar-refractivity contribution in [1.82, 2.24) is 19.5 Å². The Hall–Kier alpha value is -2.27. The van der Waals surface area contributed by atoms with E-state index in [0.717, 1.165) is 0 Å². The van der Waals surface area contributed by atoms with Gasteiger partial charge in [-0.2, -0.15) is 0 Å². The van der Waals surface area contributed by atoms with Gasteiger partial charge >= 0.3 is 0 Å². The second-order valence-corrected chi connectivity index (χ2v) is 4.90. The number of aromatic amines is 1. The van der Waals surface area contributed by atoms with Gasteiger partial charge in [0.25, 0.3) is 5.56 Å². The summed E-state index contributed by atoms with van der Waals surface area (Å²) in [6.07, 6.45) is -1.81. The molecule has 22 heavy (non-hydrogen) atoms. The lowest BCUT2D eigenvalue weighted by atomic mass is 10.1. The van der Waals surface area contributed by atoms with E-state index in [1.54, 1.807) is 0 Å². The SMILES string of the molecule is Nc1c(-c2nccc(=O)[nH]2)ncn1[C@H]1O[C@@H](CO)[C@@H](O)[C@H]1O. The molecule has 1 aliphatic rings. The first-order valence-corrected chi connectivity index (χ1v) is 6.53. The molecule has 10 heteroatoms. The van der Waals surface area contributed by atoms with Crippen molar-refractivity contribution in [2.24, 2.45) is 0 Å². The fourth-order valence-electron chi connectivity index (χ4n) is 2.36. The van der Waals surface area contributed by atoms with Gasteiger partial charge in [0.1, 0.15) is 29.8 Å². The number of nitrogen functional groups attached to an aromatic ring is 1. The number of H-pyrrole nitrogens is 1. The molecule has 10 nitrogen and oxygen atoms in total. The fourth-order valence-corrected chi connectivity index (χ4v) is 2.36. The number of nitrogens with two attached hydrogens (primary N) is 1. The molecule has 0 amide bonds. The fraction of sp³-hybridized carbons (Fsp3) is 0.417. The van der Waals surface area contributed by atoms with Crippen LogP contribution >= 0.6 is 0 Å². The predicted molar refractivity (Wildman–Crippen MR) is 73.5 cm³/mol. The zero-order valence-electron chi connectivity index (χ0n) is 11.3. The minimum absolute atomic E-state index is 0.101. The monoisotopic (exact) mass is 309 g/mol. The Balaban J connectivity index is 1.96. The van der Waals surface area contributed by atoms with Crippen molar-refractivity contribution < 1.29 is 20.1 Å². The maximum Gasteiger partial charge on any atom is 0.251 e. The summed E-state index contributed by atoms with van der Waals surface area (Å²) in [7, 11) is 0. The molecule has 0 aromatic carbocycles. The number of anilines is 1. The highest BCUT2D eigenvalue weighted by atomic mass is 16.6. The van der Waals surface area contributed by atoms with Crippen molar-refractivity contribution in [3.05, 3.63) is 28.9 Å². The second kappa shape index (κ2) is 5.50. The Bertz CT molecular complexity index is 729. The third-order valence-electron chi connectivity index (χ3n) is 3.52. The smallest absolute Gasteiger partial charge is 0.251 e. The summed E-state index contributed by atoms with van der Waals surface area (Å²) >= 11 is 0. The van der Waals surface area contributed by atoms with Crippen LogP contribution in [0.3, 0.4) is 0 Å². The molecule has 2 aromatic rings. The topological polar surface area (TPSA) is 160 Å². The zero-order chi connectivity index (χ0) is 15.9. The molecular weight excluding hydrogens is 294 g/mol. The number of aromatic nitrogens is 4. The van der Waals surface area contributed by atoms with Gasteiger partial charge in [-0.25, -0.2) is 9.97 Å². The van der Waals surface area contributed by atoms with Gasteiger partial charge in [0.15, 0.2) is 12.1 Å². The zero-order valence-corrected chi connectivity index (χ0v) is 11.3. The van der Waals surface area contributed by atoms with Crippen LogP contribution in [-0.4, -0.2) is 59.8 Å². The Morgan fingerprint density at radius 1 is 1.36 bits per heavy atom. The van der Waals surface area contributed by atoms with Crippen LogP contribution in [-0.2, 0) is 4.74 Å². The van der Waals surface area contributed by atoms with Gasteiger partial charge in [0.2, 0.25) is 0 Å². The van der Waals surface area contributed by atoms with Gasteiger partial charge < -0.3 is 30.8 Å². The van der Waals surface area contributed by atoms with Gasteiger partial charge in [0, 0.05) is 12.3 Å². The highest BCUT2D eigenvalue weighted by Crippen LogP contribution is 2.33. The first-order valence-electron chi connectivity index (χ1n) is 6.53. The molecule has 3 heterocycles. The van der Waals surface area contributed by atoms with Gasteiger partial charge in [-0.05, 0) is 0 Å². The number of rotatable bonds is 3. The van der Waals surface area contributed by atoms with Crippen molar-refractivity contribution >= 4 is 5.82 Å². The molecule has 1 aliphatic heterocycles. The van der Waals surface area contributed by atoms with Crippen molar-refractivity contribution in [2.45, 2.75) is 24.5 Å². The molecule has 4 atom stereocenters. The third-order valence-corrected chi connectivity index (χ3v) is 3.52. The maximum atomic E-state index is 11.3. The van der Waals surface area contributed by atoms with Crippen LogP contribution < -0.4 is 11.3 Å². The van der Waals surface area contributed by atoms with Crippen molar-refractivity contribution in [2.75, 3.05) is 12.3 Å². The second-order valence-electron chi connectivity index (χ2n) is 4.90. The van der Waals surface area contributed by atoms with E-state index in [0.29, 0.717) is 0 Å². The molecule has 0 bridgehead atoms. The van der Waals surface area contributed by atoms with Crippen LogP contribution in [0.4, 0.5) is 5.82 Å². The Morgan fingerprint density at radius 3 is 2.77 bits per heavy atom. The molecule has 0 saturated carbocycles. The van der Waals surface area contributed by atoms with Gasteiger partial charge in [-0.15, -0.1) is 0 Å². The molecule has 3 rings (SSSR count). The normalized spacial score (nSPS) is 28.1. The number of ether oxygens (including phenoxy) is 1. The molecule has 2 aromatic heterocycles. The average Bonchev–Trinajstić information content (AvgIpc) is 3.01. The number of hydrogen-bond acceptors (Lipinski definition) is 8. The standard InChI is InChI=1S/C12H15N5O5/c13-10-7(11-14-2-1-6(19)16-11)15-4-17(10)12-9(21)8(20)5(3-18)22-12/h1-2,4-5,8-9,12,18,20-21H,3,13H2,(H,14,16,19)/t5-,8+,9+,12-/m0/s1. The first-order chi connectivity index (χ1) is 10.5. The average molecular weight is 309 g/mol. The Labute approximate surface area is 123 Å². The lowest BCUT2D eigenvalue weighted by Crippen LogP contribution is -2.33. The maximum absolute atomic E-state index is 11.3. The van der Waals surface area contributed by atoms with E-state index in [1.807, 2.05) is 0 Å². The van der Waals surface area contributed by atoms with Crippen molar-refractivity contribution in [3.63, 3.8) is 0 Å². The van der Waals surface area contributed by atoms with E-state index < -0.39 is 31.1 Å². The highest BCUT2D eigenvalue weighted by Gasteiger charge is 2.44. The minimum atomic E-state index is -1.27.